The summed E-state index contributed by atoms with van der Waals surface area (Å²) in [7, 11) is 0. The Bertz CT molecular complexity index is 973. The molecule has 0 spiro atoms. The molecule has 3 rings (SSSR count). The summed E-state index contributed by atoms with van der Waals surface area (Å²) in [5, 5.41) is 0.652. The molecular formula is C24H22ClNO2. The first kappa shape index (κ1) is 19.7. The number of ether oxygens (including phenoxy) is 2. The smallest absolute Gasteiger partial charge is 0.225 e. The Morgan fingerprint density at radius 2 is 1.32 bits per heavy atom. The van der Waals surface area contributed by atoms with Crippen molar-refractivity contribution in [3.63, 3.8) is 0 Å². The summed E-state index contributed by atoms with van der Waals surface area (Å²) in [4.78, 5) is 4.66. The first-order valence-corrected chi connectivity index (χ1v) is 9.37. The van der Waals surface area contributed by atoms with Crippen LogP contribution in [0.5, 0.6) is 11.5 Å². The van der Waals surface area contributed by atoms with E-state index in [-0.39, 0.29) is 0 Å². The minimum atomic E-state index is 0.457. The highest BCUT2D eigenvalue weighted by Gasteiger charge is 2.08. The quantitative estimate of drug-likeness (QED) is 0.265. The zero-order chi connectivity index (χ0) is 19.9. The summed E-state index contributed by atoms with van der Waals surface area (Å²) in [6.07, 6.45) is 1.65. The normalized spacial score (nSPS) is 12.0. The van der Waals surface area contributed by atoms with Crippen molar-refractivity contribution >= 4 is 23.2 Å². The number of rotatable bonds is 5. The van der Waals surface area contributed by atoms with Crippen LogP contribution in [0.3, 0.4) is 0 Å². The molecule has 0 aliphatic heterocycles. The van der Waals surface area contributed by atoms with Gasteiger partial charge >= 0.3 is 0 Å². The lowest BCUT2D eigenvalue weighted by atomic mass is 10.2. The van der Waals surface area contributed by atoms with Gasteiger partial charge in [-0.1, -0.05) is 47.0 Å². The van der Waals surface area contributed by atoms with Gasteiger partial charge in [-0.05, 0) is 69.3 Å². The molecule has 0 aliphatic carbocycles. The minimum Gasteiger partial charge on any atom is -0.465 e. The predicted octanol–water partition coefficient (Wildman–Crippen LogP) is 7.05. The van der Waals surface area contributed by atoms with Gasteiger partial charge in [0.2, 0.25) is 5.90 Å². The van der Waals surface area contributed by atoms with E-state index < -0.39 is 0 Å². The number of hydrogen-bond acceptors (Lipinski definition) is 3. The second-order valence-corrected chi connectivity index (χ2v) is 6.98. The van der Waals surface area contributed by atoms with Crippen LogP contribution < -0.4 is 9.47 Å². The molecule has 0 radical (unpaired) electrons. The van der Waals surface area contributed by atoms with E-state index in [1.807, 2.05) is 69.3 Å². The van der Waals surface area contributed by atoms with Crippen LogP contribution in [0.2, 0.25) is 5.02 Å². The monoisotopic (exact) mass is 391 g/mol. The van der Waals surface area contributed by atoms with Gasteiger partial charge in [0.1, 0.15) is 11.5 Å². The molecule has 0 saturated heterocycles. The zero-order valence-electron chi connectivity index (χ0n) is 16.1. The molecule has 3 nitrogen and oxygen atoms in total. The van der Waals surface area contributed by atoms with Gasteiger partial charge in [-0.15, -0.1) is 0 Å². The van der Waals surface area contributed by atoms with Gasteiger partial charge in [0, 0.05) is 10.6 Å². The van der Waals surface area contributed by atoms with E-state index in [1.54, 1.807) is 30.5 Å². The summed E-state index contributed by atoms with van der Waals surface area (Å²) < 4.78 is 11.8. The molecule has 0 atom stereocenters. The zero-order valence-corrected chi connectivity index (χ0v) is 16.9. The third kappa shape index (κ3) is 5.73. The van der Waals surface area contributed by atoms with Gasteiger partial charge < -0.3 is 9.47 Å². The van der Waals surface area contributed by atoms with Crippen LogP contribution >= 0.6 is 11.6 Å². The van der Waals surface area contributed by atoms with Crippen molar-refractivity contribution in [3.8, 4) is 11.5 Å². The number of nitrogens with zero attached hydrogens (tertiary/aromatic N) is 1. The van der Waals surface area contributed by atoms with E-state index in [9.17, 15) is 0 Å². The van der Waals surface area contributed by atoms with Crippen molar-refractivity contribution < 1.29 is 9.47 Å². The van der Waals surface area contributed by atoms with Crippen molar-refractivity contribution in [2.75, 3.05) is 0 Å². The van der Waals surface area contributed by atoms with Gasteiger partial charge in [0.15, 0.2) is 0 Å². The number of halogens is 1. The van der Waals surface area contributed by atoms with Gasteiger partial charge in [-0.3, -0.25) is 0 Å². The predicted molar refractivity (Wildman–Crippen MR) is 116 cm³/mol. The van der Waals surface area contributed by atoms with Crippen molar-refractivity contribution in [2.24, 2.45) is 4.99 Å². The van der Waals surface area contributed by atoms with E-state index >= 15 is 0 Å². The third-order valence-electron chi connectivity index (χ3n) is 4.02. The fraction of sp³-hybridized carbons (Fsp3) is 0.125. The average molecular weight is 392 g/mol. The fourth-order valence-electron chi connectivity index (χ4n) is 2.37. The maximum atomic E-state index is 6.02. The van der Waals surface area contributed by atoms with E-state index in [0.717, 1.165) is 17.0 Å². The van der Waals surface area contributed by atoms with E-state index in [4.69, 9.17) is 21.1 Å². The van der Waals surface area contributed by atoms with Gasteiger partial charge in [0.05, 0.1) is 11.9 Å². The highest BCUT2D eigenvalue weighted by atomic mass is 35.5. The SMILES string of the molecule is CC(=COc1ccc(C)cc1)C(=Nc1ccc(C)cc1)Oc1ccc(Cl)cc1. The maximum Gasteiger partial charge on any atom is 0.225 e. The minimum absolute atomic E-state index is 0.457. The van der Waals surface area contributed by atoms with Crippen molar-refractivity contribution in [1.82, 2.24) is 0 Å². The molecule has 0 fully saturated rings. The first-order chi connectivity index (χ1) is 13.5. The molecule has 0 amide bonds. The van der Waals surface area contributed by atoms with Gasteiger partial charge in [-0.25, -0.2) is 4.99 Å². The Morgan fingerprint density at radius 3 is 1.93 bits per heavy atom. The summed E-state index contributed by atoms with van der Waals surface area (Å²) in [5.74, 6) is 1.86. The molecule has 0 aromatic heterocycles. The molecule has 4 heteroatoms. The van der Waals surface area contributed by atoms with E-state index in [2.05, 4.69) is 4.99 Å². The molecule has 0 N–H and O–H groups in total. The maximum absolute atomic E-state index is 6.02. The highest BCUT2D eigenvalue weighted by Crippen LogP contribution is 2.21. The molecule has 0 aliphatic rings. The van der Waals surface area contributed by atoms with Crippen LogP contribution in [-0.4, -0.2) is 5.90 Å². The van der Waals surface area contributed by atoms with Crippen LogP contribution in [0, 0.1) is 13.8 Å². The van der Waals surface area contributed by atoms with E-state index in [0.29, 0.717) is 16.7 Å². The standard InChI is InChI=1S/C24H22ClNO2/c1-17-4-10-21(11-5-17)26-24(28-23-14-8-20(25)9-15-23)19(3)16-27-22-12-6-18(2)7-13-22/h4-16H,1-3H3. The molecule has 142 valence electrons. The number of hydrogen-bond donors (Lipinski definition) is 0. The lowest BCUT2D eigenvalue weighted by Gasteiger charge is -2.10. The van der Waals surface area contributed by atoms with Crippen molar-refractivity contribution in [3.05, 3.63) is 101 Å². The third-order valence-corrected chi connectivity index (χ3v) is 4.27. The summed E-state index contributed by atoms with van der Waals surface area (Å²) in [6.45, 7) is 5.98. The number of aliphatic imine (C=N–C) groups is 1. The largest absolute Gasteiger partial charge is 0.465 e. The summed E-state index contributed by atoms with van der Waals surface area (Å²) in [6, 6.07) is 23.0. The van der Waals surface area contributed by atoms with E-state index in [1.165, 1.54) is 11.1 Å². The molecule has 0 heterocycles. The number of benzene rings is 3. The molecule has 0 unspecified atom stereocenters. The van der Waals surface area contributed by atoms with Gasteiger partial charge in [0.25, 0.3) is 0 Å². The lowest BCUT2D eigenvalue weighted by Crippen LogP contribution is -2.10. The second kappa shape index (κ2) is 9.25. The topological polar surface area (TPSA) is 30.8 Å². The van der Waals surface area contributed by atoms with Crippen LogP contribution in [0.25, 0.3) is 0 Å². The fourth-order valence-corrected chi connectivity index (χ4v) is 2.49. The second-order valence-electron chi connectivity index (χ2n) is 6.54. The van der Waals surface area contributed by atoms with Crippen LogP contribution in [0.1, 0.15) is 18.1 Å². The Balaban J connectivity index is 1.87. The Kier molecular flexibility index (Phi) is 6.51. The Labute approximate surface area is 170 Å². The van der Waals surface area contributed by atoms with Crippen LogP contribution in [0.4, 0.5) is 5.69 Å². The molecule has 0 bridgehead atoms. The average Bonchev–Trinajstić information content (AvgIpc) is 2.70. The summed E-state index contributed by atoms with van der Waals surface area (Å²) in [5.41, 5.74) is 3.92. The summed E-state index contributed by atoms with van der Waals surface area (Å²) >= 11 is 5.97. The molecular weight excluding hydrogens is 370 g/mol. The molecule has 3 aromatic rings. The highest BCUT2D eigenvalue weighted by molar-refractivity contribution is 6.30. The Morgan fingerprint density at radius 1 is 0.786 bits per heavy atom. The number of aryl methyl sites for hydroxylation is 2. The molecule has 0 saturated carbocycles. The van der Waals surface area contributed by atoms with Crippen molar-refractivity contribution in [1.29, 1.82) is 0 Å². The lowest BCUT2D eigenvalue weighted by molar-refractivity contribution is 0.473. The molecule has 28 heavy (non-hydrogen) atoms. The van der Waals surface area contributed by atoms with Gasteiger partial charge in [-0.2, -0.15) is 0 Å². The van der Waals surface area contributed by atoms with Crippen LogP contribution in [-0.2, 0) is 0 Å². The van der Waals surface area contributed by atoms with Crippen molar-refractivity contribution in [2.45, 2.75) is 20.8 Å². The Hall–Kier alpha value is -3.04. The van der Waals surface area contributed by atoms with Crippen LogP contribution in [0.15, 0.2) is 89.6 Å². The first-order valence-electron chi connectivity index (χ1n) is 8.99. The molecule has 3 aromatic carbocycles.